The minimum Gasteiger partial charge on any atom is -0.504 e. The highest BCUT2D eigenvalue weighted by Crippen LogP contribution is 2.34. The number of carbonyl (C=O) groups excluding carboxylic acids is 1. The van der Waals surface area contributed by atoms with Crippen molar-refractivity contribution in [2.45, 2.75) is 117 Å². The molecule has 0 spiro atoms. The molecule has 2 aromatic rings. The molecule has 0 heterocycles. The molecule has 2 heteroatoms. The monoisotopic (exact) mass is 476 g/mol. The van der Waals surface area contributed by atoms with E-state index in [9.17, 15) is 9.90 Å². The third kappa shape index (κ3) is 7.82. The Bertz CT molecular complexity index is 955. The topological polar surface area (TPSA) is 37.3 Å². The van der Waals surface area contributed by atoms with E-state index in [0.717, 1.165) is 63.4 Å². The Labute approximate surface area is 214 Å². The van der Waals surface area contributed by atoms with Gasteiger partial charge in [0.15, 0.2) is 5.76 Å². The van der Waals surface area contributed by atoms with Gasteiger partial charge in [0.25, 0.3) is 0 Å². The minimum absolute atomic E-state index is 0.168. The van der Waals surface area contributed by atoms with Crippen LogP contribution in [0.3, 0.4) is 0 Å². The zero-order chi connectivity index (χ0) is 25.8. The van der Waals surface area contributed by atoms with Crippen LogP contribution in [0, 0.1) is 0 Å². The zero-order valence-electron chi connectivity index (χ0n) is 23.1. The van der Waals surface area contributed by atoms with Gasteiger partial charge in [-0.1, -0.05) is 97.2 Å². The van der Waals surface area contributed by atoms with Gasteiger partial charge < -0.3 is 5.11 Å². The molecule has 0 aromatic heterocycles. The zero-order valence-corrected chi connectivity index (χ0v) is 23.1. The van der Waals surface area contributed by atoms with Crippen molar-refractivity contribution in [2.75, 3.05) is 0 Å². The number of allylic oxidation sites excluding steroid dienone is 1. The summed E-state index contributed by atoms with van der Waals surface area (Å²) in [6.07, 6.45) is 11.7. The summed E-state index contributed by atoms with van der Waals surface area (Å²) in [5.41, 5.74) is 5.31. The highest BCUT2D eigenvalue weighted by atomic mass is 16.3. The molecule has 0 amide bonds. The predicted octanol–water partition coefficient (Wildman–Crippen LogP) is 10.3. The number of ketones is 1. The average molecular weight is 477 g/mol. The Hall–Kier alpha value is -2.35. The number of carbonyl (C=O) groups is 1. The van der Waals surface area contributed by atoms with E-state index in [0.29, 0.717) is 23.3 Å². The summed E-state index contributed by atoms with van der Waals surface area (Å²) >= 11 is 0. The molecule has 0 saturated carbocycles. The molecule has 0 aliphatic heterocycles. The number of hydrogen-bond acceptors (Lipinski definition) is 2. The lowest BCUT2D eigenvalue weighted by molar-refractivity contribution is 0.0980. The first-order chi connectivity index (χ1) is 16.9. The summed E-state index contributed by atoms with van der Waals surface area (Å²) in [5.74, 6) is 0.924. The van der Waals surface area contributed by atoms with Crippen molar-refractivity contribution in [1.29, 1.82) is 0 Å². The maximum Gasteiger partial charge on any atom is 0.227 e. The lowest BCUT2D eigenvalue weighted by atomic mass is 9.84. The largest absolute Gasteiger partial charge is 0.504 e. The van der Waals surface area contributed by atoms with Crippen LogP contribution < -0.4 is 0 Å². The number of Topliss-reactive ketones (excluding diaryl/α,β-unsaturated/α-hetero) is 1. The van der Waals surface area contributed by atoms with Crippen LogP contribution in [0.4, 0.5) is 0 Å². The van der Waals surface area contributed by atoms with Gasteiger partial charge in [-0.05, 0) is 90.7 Å². The summed E-state index contributed by atoms with van der Waals surface area (Å²) in [5, 5.41) is 11.0. The SMILES string of the molecule is CCCC(CC)c1cccc(C(=O)/C(O)=C/c2cc(C(CC)CCC)ccc2C(CC)CCC)c1. The van der Waals surface area contributed by atoms with Crippen molar-refractivity contribution in [2.24, 2.45) is 0 Å². The summed E-state index contributed by atoms with van der Waals surface area (Å²) in [6.45, 7) is 13.3. The molecule has 35 heavy (non-hydrogen) atoms. The van der Waals surface area contributed by atoms with Gasteiger partial charge >= 0.3 is 0 Å². The summed E-state index contributed by atoms with van der Waals surface area (Å²) in [7, 11) is 0. The summed E-state index contributed by atoms with van der Waals surface area (Å²) < 4.78 is 0. The number of aliphatic hydroxyl groups excluding tert-OH is 1. The number of aliphatic hydroxyl groups is 1. The second-order valence-electron chi connectivity index (χ2n) is 10.1. The van der Waals surface area contributed by atoms with Gasteiger partial charge in [-0.2, -0.15) is 0 Å². The molecule has 192 valence electrons. The van der Waals surface area contributed by atoms with Crippen LogP contribution in [0.5, 0.6) is 0 Å². The van der Waals surface area contributed by atoms with Crippen molar-refractivity contribution < 1.29 is 9.90 Å². The third-order valence-corrected chi connectivity index (χ3v) is 7.56. The van der Waals surface area contributed by atoms with Crippen molar-refractivity contribution in [3.8, 4) is 0 Å². The van der Waals surface area contributed by atoms with Crippen LogP contribution in [0.2, 0.25) is 0 Å². The Morgan fingerprint density at radius 3 is 1.83 bits per heavy atom. The van der Waals surface area contributed by atoms with Crippen molar-refractivity contribution >= 4 is 11.9 Å². The second kappa shape index (κ2) is 14.9. The molecule has 3 atom stereocenters. The molecule has 2 aromatic carbocycles. The molecule has 0 saturated heterocycles. The molecular formula is C33H48O2. The second-order valence-corrected chi connectivity index (χ2v) is 10.1. The molecule has 0 aliphatic carbocycles. The Morgan fingerprint density at radius 1 is 0.743 bits per heavy atom. The molecule has 2 nitrogen and oxygen atoms in total. The summed E-state index contributed by atoms with van der Waals surface area (Å²) in [4.78, 5) is 13.3. The van der Waals surface area contributed by atoms with Crippen LogP contribution in [0.15, 0.2) is 48.2 Å². The predicted molar refractivity (Wildman–Crippen MR) is 152 cm³/mol. The molecule has 0 radical (unpaired) electrons. The highest BCUT2D eigenvalue weighted by molar-refractivity contribution is 6.09. The van der Waals surface area contributed by atoms with E-state index in [1.807, 2.05) is 18.2 Å². The molecule has 0 aliphatic rings. The molecule has 3 unspecified atom stereocenters. The standard InChI is InChI=1S/C33H48O2/c1-7-14-24(10-4)27-17-13-18-29(21-27)33(35)32(34)23-30-22-28(25(11-5)15-8-2)19-20-31(30)26(12-6)16-9-3/h13,17-26,34H,7-12,14-16H2,1-6H3/b32-23-. The summed E-state index contributed by atoms with van der Waals surface area (Å²) in [6, 6.07) is 14.6. The van der Waals surface area contributed by atoms with Gasteiger partial charge in [0.05, 0.1) is 0 Å². The van der Waals surface area contributed by atoms with Crippen LogP contribution in [0.1, 0.15) is 150 Å². The molecule has 0 fully saturated rings. The van der Waals surface area contributed by atoms with Gasteiger partial charge in [-0.25, -0.2) is 0 Å². The van der Waals surface area contributed by atoms with Crippen molar-refractivity contribution in [3.63, 3.8) is 0 Å². The van der Waals surface area contributed by atoms with Crippen LogP contribution in [-0.4, -0.2) is 10.9 Å². The average Bonchev–Trinajstić information content (AvgIpc) is 2.88. The van der Waals surface area contributed by atoms with E-state index < -0.39 is 0 Å². The van der Waals surface area contributed by atoms with E-state index in [2.05, 4.69) is 65.8 Å². The van der Waals surface area contributed by atoms with E-state index in [-0.39, 0.29) is 11.5 Å². The molecular weight excluding hydrogens is 428 g/mol. The Morgan fingerprint density at radius 2 is 1.29 bits per heavy atom. The first-order valence-electron chi connectivity index (χ1n) is 14.1. The first kappa shape index (κ1) is 28.9. The number of rotatable bonds is 15. The smallest absolute Gasteiger partial charge is 0.227 e. The van der Waals surface area contributed by atoms with Gasteiger partial charge in [0.2, 0.25) is 5.78 Å². The van der Waals surface area contributed by atoms with Gasteiger partial charge in [-0.15, -0.1) is 0 Å². The first-order valence-corrected chi connectivity index (χ1v) is 14.1. The Kier molecular flexibility index (Phi) is 12.3. The van der Waals surface area contributed by atoms with Gasteiger partial charge in [-0.3, -0.25) is 4.79 Å². The Balaban J connectivity index is 2.49. The van der Waals surface area contributed by atoms with Crippen molar-refractivity contribution in [3.05, 3.63) is 76.0 Å². The number of hydrogen-bond donors (Lipinski definition) is 1. The lowest BCUT2D eigenvalue weighted by Crippen LogP contribution is -2.07. The highest BCUT2D eigenvalue weighted by Gasteiger charge is 2.19. The van der Waals surface area contributed by atoms with Crippen LogP contribution in [0.25, 0.3) is 6.08 Å². The molecule has 2 rings (SSSR count). The lowest BCUT2D eigenvalue weighted by Gasteiger charge is -2.21. The van der Waals surface area contributed by atoms with E-state index in [4.69, 9.17) is 0 Å². The van der Waals surface area contributed by atoms with Crippen molar-refractivity contribution in [1.82, 2.24) is 0 Å². The minimum atomic E-state index is -0.293. The fraction of sp³-hybridized carbons (Fsp3) is 0.545. The quantitative estimate of drug-likeness (QED) is 0.158. The fourth-order valence-corrected chi connectivity index (χ4v) is 5.48. The van der Waals surface area contributed by atoms with E-state index >= 15 is 0 Å². The van der Waals surface area contributed by atoms with E-state index in [1.165, 1.54) is 16.7 Å². The molecule has 1 N–H and O–H groups in total. The molecule has 0 bridgehead atoms. The third-order valence-electron chi connectivity index (χ3n) is 7.56. The van der Waals surface area contributed by atoms with Crippen LogP contribution >= 0.6 is 0 Å². The van der Waals surface area contributed by atoms with Gasteiger partial charge in [0, 0.05) is 5.56 Å². The fourth-order valence-electron chi connectivity index (χ4n) is 5.48. The van der Waals surface area contributed by atoms with E-state index in [1.54, 1.807) is 6.08 Å². The number of benzene rings is 2. The van der Waals surface area contributed by atoms with Gasteiger partial charge in [0.1, 0.15) is 0 Å². The van der Waals surface area contributed by atoms with Crippen LogP contribution in [-0.2, 0) is 0 Å². The normalized spacial score (nSPS) is 14.5. The maximum absolute atomic E-state index is 13.3. The maximum atomic E-state index is 13.3.